The van der Waals surface area contributed by atoms with Gasteiger partial charge in [0.15, 0.2) is 11.5 Å². The molecule has 0 unspecified atom stereocenters. The molecule has 0 aliphatic carbocycles. The second kappa shape index (κ2) is 10.2. The summed E-state index contributed by atoms with van der Waals surface area (Å²) in [6.07, 6.45) is 3.12. The number of benzene rings is 3. The number of hydrogen-bond acceptors (Lipinski definition) is 5. The second-order valence-corrected chi connectivity index (χ2v) is 7.79. The number of rotatable bonds is 8. The zero-order valence-electron chi connectivity index (χ0n) is 18.4. The van der Waals surface area contributed by atoms with Gasteiger partial charge in [0.05, 0.1) is 14.2 Å². The Bertz CT molecular complexity index is 1080. The summed E-state index contributed by atoms with van der Waals surface area (Å²) in [4.78, 5) is 13.6. The van der Waals surface area contributed by atoms with E-state index in [1.165, 1.54) is 29.9 Å². The molecule has 0 spiro atoms. The SMILES string of the molecule is COC(=O)/C=C/c1ccc(COc2ccc(CN3Cc4ccccc4C3)cc2OC)cc1. The van der Waals surface area contributed by atoms with Crippen molar-refractivity contribution in [3.63, 3.8) is 0 Å². The van der Waals surface area contributed by atoms with E-state index in [1.807, 2.05) is 30.3 Å². The molecule has 0 fully saturated rings. The first-order valence-electron chi connectivity index (χ1n) is 10.6. The zero-order chi connectivity index (χ0) is 22.3. The minimum atomic E-state index is -0.373. The second-order valence-electron chi connectivity index (χ2n) is 7.79. The molecule has 0 radical (unpaired) electrons. The average Bonchev–Trinajstić information content (AvgIpc) is 3.24. The molecule has 0 aromatic heterocycles. The zero-order valence-corrected chi connectivity index (χ0v) is 18.4. The van der Waals surface area contributed by atoms with Gasteiger partial charge >= 0.3 is 5.97 Å². The molecular formula is C27H27NO4. The van der Waals surface area contributed by atoms with Crippen LogP contribution in [0.1, 0.15) is 27.8 Å². The lowest BCUT2D eigenvalue weighted by molar-refractivity contribution is -0.134. The van der Waals surface area contributed by atoms with Gasteiger partial charge in [-0.15, -0.1) is 0 Å². The van der Waals surface area contributed by atoms with Crippen molar-refractivity contribution < 1.29 is 19.0 Å². The largest absolute Gasteiger partial charge is 0.493 e. The summed E-state index contributed by atoms with van der Waals surface area (Å²) in [7, 11) is 3.03. The quantitative estimate of drug-likeness (QED) is 0.374. The maximum atomic E-state index is 11.2. The third-order valence-corrected chi connectivity index (χ3v) is 5.53. The van der Waals surface area contributed by atoms with Crippen LogP contribution in [0.2, 0.25) is 0 Å². The predicted octanol–water partition coefficient (Wildman–Crippen LogP) is 4.98. The monoisotopic (exact) mass is 429 g/mol. The van der Waals surface area contributed by atoms with Crippen LogP contribution < -0.4 is 9.47 Å². The Hall–Kier alpha value is -3.57. The van der Waals surface area contributed by atoms with Crippen molar-refractivity contribution in [3.05, 3.63) is 101 Å². The number of hydrogen-bond donors (Lipinski definition) is 0. The van der Waals surface area contributed by atoms with E-state index in [0.29, 0.717) is 6.61 Å². The number of fused-ring (bicyclic) bond motifs is 1. The fourth-order valence-electron chi connectivity index (χ4n) is 3.82. The van der Waals surface area contributed by atoms with Gasteiger partial charge in [-0.25, -0.2) is 4.79 Å². The summed E-state index contributed by atoms with van der Waals surface area (Å²) in [5.41, 5.74) is 5.97. The van der Waals surface area contributed by atoms with Gasteiger partial charge in [-0.05, 0) is 46.0 Å². The highest BCUT2D eigenvalue weighted by molar-refractivity contribution is 5.86. The van der Waals surface area contributed by atoms with Crippen molar-refractivity contribution in [1.82, 2.24) is 4.90 Å². The summed E-state index contributed by atoms with van der Waals surface area (Å²) in [5, 5.41) is 0. The van der Waals surface area contributed by atoms with Gasteiger partial charge in [0, 0.05) is 25.7 Å². The summed E-state index contributed by atoms with van der Waals surface area (Å²) in [5.74, 6) is 1.08. The van der Waals surface area contributed by atoms with E-state index in [1.54, 1.807) is 13.2 Å². The average molecular weight is 430 g/mol. The fraction of sp³-hybridized carbons (Fsp3) is 0.222. The number of esters is 1. The molecule has 1 aliphatic heterocycles. The van der Waals surface area contributed by atoms with Gasteiger partial charge in [0.1, 0.15) is 6.61 Å². The van der Waals surface area contributed by atoms with Crippen molar-refractivity contribution >= 4 is 12.0 Å². The molecule has 3 aromatic rings. The molecule has 0 saturated heterocycles. The van der Waals surface area contributed by atoms with Crippen molar-refractivity contribution in [2.45, 2.75) is 26.2 Å². The lowest BCUT2D eigenvalue weighted by atomic mass is 10.1. The van der Waals surface area contributed by atoms with E-state index in [0.717, 1.165) is 42.3 Å². The van der Waals surface area contributed by atoms with E-state index in [9.17, 15) is 4.79 Å². The summed E-state index contributed by atoms with van der Waals surface area (Å²) >= 11 is 0. The predicted molar refractivity (Wildman–Crippen MR) is 124 cm³/mol. The van der Waals surface area contributed by atoms with Gasteiger partial charge in [0.2, 0.25) is 0 Å². The van der Waals surface area contributed by atoms with E-state index in [2.05, 4.69) is 46.0 Å². The smallest absolute Gasteiger partial charge is 0.330 e. The van der Waals surface area contributed by atoms with Gasteiger partial charge < -0.3 is 14.2 Å². The lowest BCUT2D eigenvalue weighted by Crippen LogP contribution is -2.15. The van der Waals surface area contributed by atoms with Gasteiger partial charge in [-0.2, -0.15) is 0 Å². The minimum absolute atomic E-state index is 0.373. The van der Waals surface area contributed by atoms with Crippen molar-refractivity contribution in [1.29, 1.82) is 0 Å². The van der Waals surface area contributed by atoms with Crippen LogP contribution in [-0.2, 0) is 35.8 Å². The molecule has 164 valence electrons. The molecule has 4 rings (SSSR count). The molecule has 0 N–H and O–H groups in total. The highest BCUT2D eigenvalue weighted by Gasteiger charge is 2.18. The molecule has 0 atom stereocenters. The summed E-state index contributed by atoms with van der Waals surface area (Å²) in [6.45, 7) is 3.24. The Kier molecular flexibility index (Phi) is 6.87. The van der Waals surface area contributed by atoms with Crippen LogP contribution in [0.25, 0.3) is 6.08 Å². The Balaban J connectivity index is 1.35. The number of methoxy groups -OCH3 is 2. The molecule has 1 heterocycles. The highest BCUT2D eigenvalue weighted by Crippen LogP contribution is 2.31. The first-order valence-corrected chi connectivity index (χ1v) is 10.6. The molecule has 32 heavy (non-hydrogen) atoms. The van der Waals surface area contributed by atoms with Gasteiger partial charge in [0.25, 0.3) is 0 Å². The molecule has 5 nitrogen and oxygen atoms in total. The third-order valence-electron chi connectivity index (χ3n) is 5.53. The minimum Gasteiger partial charge on any atom is -0.493 e. The Labute approximate surface area is 188 Å². The molecule has 5 heteroatoms. The van der Waals surface area contributed by atoms with E-state index < -0.39 is 0 Å². The van der Waals surface area contributed by atoms with E-state index in [-0.39, 0.29) is 5.97 Å². The molecule has 3 aromatic carbocycles. The standard InChI is InChI=1S/C27H27NO4/c1-30-26-15-22(16-28-17-23-5-3-4-6-24(23)18-28)11-13-25(26)32-19-21-9-7-20(8-10-21)12-14-27(29)31-2/h3-15H,16-19H2,1-2H3/b14-12+. The fourth-order valence-corrected chi connectivity index (χ4v) is 3.82. The van der Waals surface area contributed by atoms with Crippen molar-refractivity contribution in [2.75, 3.05) is 14.2 Å². The van der Waals surface area contributed by atoms with Crippen LogP contribution in [0.15, 0.2) is 72.8 Å². The van der Waals surface area contributed by atoms with Crippen LogP contribution in [-0.4, -0.2) is 25.1 Å². The Morgan fingerprint density at radius 1 is 0.906 bits per heavy atom. The molecular weight excluding hydrogens is 402 g/mol. The maximum absolute atomic E-state index is 11.2. The molecule has 0 amide bonds. The number of carbonyl (C=O) groups excluding carboxylic acids is 1. The number of ether oxygens (including phenoxy) is 3. The lowest BCUT2D eigenvalue weighted by Gasteiger charge is -2.17. The van der Waals surface area contributed by atoms with Crippen molar-refractivity contribution in [2.24, 2.45) is 0 Å². The summed E-state index contributed by atoms with van der Waals surface area (Å²) in [6, 6.07) is 22.6. The van der Waals surface area contributed by atoms with E-state index in [4.69, 9.17) is 9.47 Å². The van der Waals surface area contributed by atoms with Gasteiger partial charge in [-0.3, -0.25) is 4.90 Å². The van der Waals surface area contributed by atoms with Crippen LogP contribution >= 0.6 is 0 Å². The summed E-state index contributed by atoms with van der Waals surface area (Å²) < 4.78 is 16.2. The van der Waals surface area contributed by atoms with Crippen LogP contribution in [0.3, 0.4) is 0 Å². The van der Waals surface area contributed by atoms with Crippen LogP contribution in [0, 0.1) is 0 Å². The van der Waals surface area contributed by atoms with E-state index >= 15 is 0 Å². The van der Waals surface area contributed by atoms with Crippen LogP contribution in [0.4, 0.5) is 0 Å². The Morgan fingerprint density at radius 3 is 2.25 bits per heavy atom. The Morgan fingerprint density at radius 2 is 1.59 bits per heavy atom. The van der Waals surface area contributed by atoms with Gasteiger partial charge in [-0.1, -0.05) is 54.6 Å². The van der Waals surface area contributed by atoms with Crippen LogP contribution in [0.5, 0.6) is 11.5 Å². The number of carbonyl (C=O) groups is 1. The molecule has 1 aliphatic rings. The molecule has 0 saturated carbocycles. The molecule has 0 bridgehead atoms. The normalized spacial score (nSPS) is 13.2. The maximum Gasteiger partial charge on any atom is 0.330 e. The first kappa shape index (κ1) is 21.7. The topological polar surface area (TPSA) is 48.0 Å². The third kappa shape index (κ3) is 5.37. The number of nitrogens with zero attached hydrogens (tertiary/aromatic N) is 1. The highest BCUT2D eigenvalue weighted by atomic mass is 16.5. The van der Waals surface area contributed by atoms with Crippen molar-refractivity contribution in [3.8, 4) is 11.5 Å². The first-order chi connectivity index (χ1) is 15.6.